The van der Waals surface area contributed by atoms with E-state index in [0.29, 0.717) is 24.7 Å². The van der Waals surface area contributed by atoms with Crippen molar-refractivity contribution >= 4 is 11.6 Å². The fourth-order valence-electron chi connectivity index (χ4n) is 3.81. The fraction of sp³-hybridized carbons (Fsp3) is 0.375. The van der Waals surface area contributed by atoms with Gasteiger partial charge in [-0.3, -0.25) is 14.2 Å². The summed E-state index contributed by atoms with van der Waals surface area (Å²) in [5, 5.41) is 20.2. The Balaban J connectivity index is 1.35. The predicted molar refractivity (Wildman–Crippen MR) is 125 cm³/mol. The van der Waals surface area contributed by atoms with Gasteiger partial charge >= 0.3 is 0 Å². The van der Waals surface area contributed by atoms with Crippen LogP contribution in [-0.4, -0.2) is 35.7 Å². The van der Waals surface area contributed by atoms with Crippen LogP contribution in [0.25, 0.3) is 11.6 Å². The minimum Gasteiger partial charge on any atom is -0.419 e. The normalized spacial score (nSPS) is 11.2. The van der Waals surface area contributed by atoms with Crippen LogP contribution in [0, 0.1) is 20.8 Å². The number of benzene rings is 1. The topological polar surface area (TPSA) is 104 Å². The van der Waals surface area contributed by atoms with Gasteiger partial charge in [-0.15, -0.1) is 10.2 Å². The second kappa shape index (κ2) is 9.81. The van der Waals surface area contributed by atoms with Crippen molar-refractivity contribution in [2.24, 2.45) is 0 Å². The van der Waals surface area contributed by atoms with Crippen molar-refractivity contribution in [1.82, 2.24) is 29.8 Å². The molecule has 9 heteroatoms. The lowest BCUT2D eigenvalue weighted by Crippen LogP contribution is -2.14. The van der Waals surface area contributed by atoms with Crippen LogP contribution in [0.5, 0.6) is 0 Å². The number of rotatable bonds is 9. The summed E-state index contributed by atoms with van der Waals surface area (Å²) in [6.45, 7) is 9.27. The van der Waals surface area contributed by atoms with Gasteiger partial charge in [0.2, 0.25) is 11.8 Å². The molecule has 0 saturated carbocycles. The Hall–Kier alpha value is -3.75. The molecule has 0 saturated heterocycles. The lowest BCUT2D eigenvalue weighted by Gasteiger charge is -2.07. The molecular weight excluding hydrogens is 418 g/mol. The summed E-state index contributed by atoms with van der Waals surface area (Å²) in [7, 11) is 0. The zero-order valence-corrected chi connectivity index (χ0v) is 19.5. The number of anilines is 1. The molecule has 1 amide bonds. The molecule has 0 atom stereocenters. The lowest BCUT2D eigenvalue weighted by atomic mass is 10.1. The second-order valence-corrected chi connectivity index (χ2v) is 8.04. The highest BCUT2D eigenvalue weighted by Gasteiger charge is 2.17. The molecule has 1 N–H and O–H groups in total. The van der Waals surface area contributed by atoms with E-state index in [1.165, 1.54) is 5.56 Å². The molecule has 3 aromatic heterocycles. The average Bonchev–Trinajstić information content (AvgIpc) is 3.50. The molecule has 172 valence electrons. The van der Waals surface area contributed by atoms with Crippen LogP contribution in [0.3, 0.4) is 0 Å². The van der Waals surface area contributed by atoms with Crippen LogP contribution in [0.1, 0.15) is 41.9 Å². The molecule has 33 heavy (non-hydrogen) atoms. The first-order valence-corrected chi connectivity index (χ1v) is 11.2. The Labute approximate surface area is 192 Å². The molecule has 0 bridgehead atoms. The molecule has 0 aliphatic heterocycles. The van der Waals surface area contributed by atoms with E-state index in [9.17, 15) is 4.79 Å². The molecule has 1 aromatic carbocycles. The first-order valence-electron chi connectivity index (χ1n) is 11.2. The third-order valence-electron chi connectivity index (χ3n) is 5.55. The van der Waals surface area contributed by atoms with Crippen molar-refractivity contribution in [2.75, 3.05) is 5.32 Å². The summed E-state index contributed by atoms with van der Waals surface area (Å²) < 4.78 is 9.54. The van der Waals surface area contributed by atoms with Gasteiger partial charge in [-0.05, 0) is 45.7 Å². The first-order chi connectivity index (χ1) is 15.9. The van der Waals surface area contributed by atoms with Gasteiger partial charge < -0.3 is 9.73 Å². The molecule has 0 aliphatic carbocycles. The van der Waals surface area contributed by atoms with E-state index >= 15 is 0 Å². The SMILES string of the molecule is CCn1nc(C)cc1-c1nnc(CCC(=O)Nc2c(C)nn(CCc3ccccc3)c2C)o1. The van der Waals surface area contributed by atoms with E-state index < -0.39 is 0 Å². The summed E-state index contributed by atoms with van der Waals surface area (Å²) in [4.78, 5) is 12.6. The van der Waals surface area contributed by atoms with Crippen molar-refractivity contribution < 1.29 is 9.21 Å². The minimum absolute atomic E-state index is 0.113. The van der Waals surface area contributed by atoms with Crippen LogP contribution in [-0.2, 0) is 30.7 Å². The first kappa shape index (κ1) is 22.4. The summed E-state index contributed by atoms with van der Waals surface area (Å²) in [6.07, 6.45) is 1.48. The number of amides is 1. The molecule has 0 fully saturated rings. The third-order valence-corrected chi connectivity index (χ3v) is 5.55. The van der Waals surface area contributed by atoms with Crippen molar-refractivity contribution in [1.29, 1.82) is 0 Å². The van der Waals surface area contributed by atoms with E-state index in [4.69, 9.17) is 4.42 Å². The van der Waals surface area contributed by atoms with Crippen molar-refractivity contribution in [3.05, 3.63) is 64.9 Å². The van der Waals surface area contributed by atoms with Gasteiger partial charge in [-0.2, -0.15) is 10.2 Å². The number of aryl methyl sites for hydroxylation is 6. The molecule has 0 aliphatic rings. The molecule has 0 unspecified atom stereocenters. The number of aromatic nitrogens is 6. The highest BCUT2D eigenvalue weighted by atomic mass is 16.4. The number of nitrogens with one attached hydrogen (secondary N) is 1. The monoisotopic (exact) mass is 447 g/mol. The van der Waals surface area contributed by atoms with Crippen LogP contribution in [0.2, 0.25) is 0 Å². The Kier molecular flexibility index (Phi) is 6.67. The van der Waals surface area contributed by atoms with Gasteiger partial charge in [0, 0.05) is 25.9 Å². The Morgan fingerprint density at radius 2 is 1.82 bits per heavy atom. The Morgan fingerprint density at radius 3 is 2.58 bits per heavy atom. The van der Waals surface area contributed by atoms with Crippen LogP contribution >= 0.6 is 0 Å². The van der Waals surface area contributed by atoms with Gasteiger partial charge in [-0.25, -0.2) is 0 Å². The molecule has 0 radical (unpaired) electrons. The van der Waals surface area contributed by atoms with E-state index in [1.54, 1.807) is 0 Å². The molecule has 3 heterocycles. The summed E-state index contributed by atoms with van der Waals surface area (Å²) >= 11 is 0. The van der Waals surface area contributed by atoms with E-state index in [0.717, 1.165) is 41.4 Å². The molecular formula is C24H29N7O2. The quantitative estimate of drug-likeness (QED) is 0.417. The third kappa shape index (κ3) is 5.19. The van der Waals surface area contributed by atoms with E-state index in [-0.39, 0.29) is 12.3 Å². The molecule has 9 nitrogen and oxygen atoms in total. The van der Waals surface area contributed by atoms with Crippen LogP contribution in [0.4, 0.5) is 5.69 Å². The second-order valence-electron chi connectivity index (χ2n) is 8.04. The van der Waals surface area contributed by atoms with Crippen LogP contribution in [0.15, 0.2) is 40.8 Å². The summed E-state index contributed by atoms with van der Waals surface area (Å²) in [5.41, 5.74) is 5.44. The highest BCUT2D eigenvalue weighted by molar-refractivity contribution is 5.91. The van der Waals surface area contributed by atoms with E-state index in [2.05, 4.69) is 37.8 Å². The smallest absolute Gasteiger partial charge is 0.265 e. The molecule has 4 rings (SSSR count). The van der Waals surface area contributed by atoms with Gasteiger partial charge in [0.1, 0.15) is 5.69 Å². The Bertz CT molecular complexity index is 1240. The standard InChI is InChI=1S/C24H29N7O2/c1-5-30-20(15-16(2)28-30)24-27-26-22(33-24)12-11-21(32)25-23-17(3)29-31(18(23)4)14-13-19-9-7-6-8-10-19/h6-10,15H,5,11-14H2,1-4H3,(H,25,32). The molecule has 0 spiro atoms. The van der Waals surface area contributed by atoms with Gasteiger partial charge in [0.05, 0.1) is 22.8 Å². The zero-order chi connectivity index (χ0) is 23.4. The summed E-state index contributed by atoms with van der Waals surface area (Å²) in [5.74, 6) is 0.728. The highest BCUT2D eigenvalue weighted by Crippen LogP contribution is 2.22. The largest absolute Gasteiger partial charge is 0.419 e. The average molecular weight is 448 g/mol. The predicted octanol–water partition coefficient (Wildman–Crippen LogP) is 3.89. The number of hydrogen-bond donors (Lipinski definition) is 1. The molecule has 4 aromatic rings. The fourth-order valence-corrected chi connectivity index (χ4v) is 3.81. The van der Waals surface area contributed by atoms with Gasteiger partial charge in [0.25, 0.3) is 5.89 Å². The van der Waals surface area contributed by atoms with Gasteiger partial charge in [-0.1, -0.05) is 30.3 Å². The van der Waals surface area contributed by atoms with E-state index in [1.807, 2.05) is 61.3 Å². The maximum absolute atomic E-state index is 12.6. The number of carbonyl (C=O) groups excluding carboxylic acids is 1. The maximum atomic E-state index is 12.6. The summed E-state index contributed by atoms with van der Waals surface area (Å²) in [6, 6.07) is 12.2. The zero-order valence-electron chi connectivity index (χ0n) is 19.5. The Morgan fingerprint density at radius 1 is 1.03 bits per heavy atom. The van der Waals surface area contributed by atoms with Crippen molar-refractivity contribution in [2.45, 2.75) is 60.0 Å². The van der Waals surface area contributed by atoms with Crippen LogP contribution < -0.4 is 5.32 Å². The van der Waals surface area contributed by atoms with Crippen molar-refractivity contribution in [3.8, 4) is 11.6 Å². The van der Waals surface area contributed by atoms with Gasteiger partial charge in [0.15, 0.2) is 0 Å². The number of nitrogens with zero attached hydrogens (tertiary/aromatic N) is 6. The lowest BCUT2D eigenvalue weighted by molar-refractivity contribution is -0.116. The minimum atomic E-state index is -0.113. The maximum Gasteiger partial charge on any atom is 0.265 e. The van der Waals surface area contributed by atoms with Crippen molar-refractivity contribution in [3.63, 3.8) is 0 Å². The number of hydrogen-bond acceptors (Lipinski definition) is 6. The number of carbonyl (C=O) groups is 1.